The average Bonchev–Trinajstić information content (AvgIpc) is 3.87. The number of alkyl halides is 4. The highest BCUT2D eigenvalue weighted by Gasteiger charge is 2.78. The Balaban J connectivity index is 1.26. The summed E-state index contributed by atoms with van der Waals surface area (Å²) in [6.07, 6.45) is -5.14. The molecule has 2 fully saturated rings. The number of aromatic nitrogens is 2. The minimum atomic E-state index is -4.95. The van der Waals surface area contributed by atoms with Crippen molar-refractivity contribution in [3.05, 3.63) is 82.4 Å². The first-order chi connectivity index (χ1) is 21.4. The molecular weight excluding hydrogens is 623 g/mol. The minimum Gasteiger partial charge on any atom is -0.488 e. The molecule has 3 aliphatic rings. The molecule has 1 aliphatic heterocycles. The van der Waals surface area contributed by atoms with E-state index in [0.29, 0.717) is 21.7 Å². The molecule has 4 aromatic rings. The quantitative estimate of drug-likeness (QED) is 0.243. The summed E-state index contributed by atoms with van der Waals surface area (Å²) >= 11 is 6.08. The van der Waals surface area contributed by atoms with Crippen molar-refractivity contribution in [3.63, 3.8) is 0 Å². The van der Waals surface area contributed by atoms with Crippen LogP contribution in [0.2, 0.25) is 5.02 Å². The molecule has 232 valence electrons. The van der Waals surface area contributed by atoms with Gasteiger partial charge in [0.2, 0.25) is 5.91 Å². The van der Waals surface area contributed by atoms with Crippen LogP contribution < -0.4 is 20.5 Å². The molecule has 7 rings (SSSR count). The van der Waals surface area contributed by atoms with Crippen LogP contribution in [0.3, 0.4) is 0 Å². The zero-order valence-corrected chi connectivity index (χ0v) is 23.8. The van der Waals surface area contributed by atoms with E-state index >= 15 is 0 Å². The summed E-state index contributed by atoms with van der Waals surface area (Å²) < 4.78 is 83.9. The fourth-order valence-corrected chi connectivity index (χ4v) is 5.89. The molecule has 8 nitrogen and oxygen atoms in total. The van der Waals surface area contributed by atoms with E-state index < -0.39 is 59.7 Å². The van der Waals surface area contributed by atoms with Crippen molar-refractivity contribution in [3.8, 4) is 22.8 Å². The summed E-state index contributed by atoms with van der Waals surface area (Å²) in [5.41, 5.74) is 3.22. The fraction of sp³-hybridized carbons (Fsp3) is 0.290. The van der Waals surface area contributed by atoms with Gasteiger partial charge in [0, 0.05) is 34.8 Å². The summed E-state index contributed by atoms with van der Waals surface area (Å²) in [7, 11) is 0. The van der Waals surface area contributed by atoms with Crippen LogP contribution in [0.1, 0.15) is 40.4 Å². The predicted octanol–water partition coefficient (Wildman–Crippen LogP) is 5.54. The highest BCUT2D eigenvalue weighted by Crippen LogP contribution is 2.62. The van der Waals surface area contributed by atoms with Crippen LogP contribution in [-0.4, -0.2) is 52.9 Å². The van der Waals surface area contributed by atoms with Crippen LogP contribution in [0.5, 0.6) is 11.5 Å². The number of carbonyl (C=O) groups excluding carboxylic acids is 2. The number of hydrogen-bond donors (Lipinski definition) is 2. The second-order valence-corrected chi connectivity index (χ2v) is 11.7. The Bertz CT molecular complexity index is 1890. The molecule has 0 spiro atoms. The van der Waals surface area contributed by atoms with Gasteiger partial charge in [-0.15, -0.1) is 0 Å². The number of nitrogens with two attached hydrogens (primary N) is 1. The average molecular weight is 645 g/mol. The Morgan fingerprint density at radius 2 is 1.89 bits per heavy atom. The van der Waals surface area contributed by atoms with Gasteiger partial charge in [0.25, 0.3) is 5.91 Å². The molecule has 3 heterocycles. The van der Waals surface area contributed by atoms with E-state index in [1.807, 2.05) is 0 Å². The van der Waals surface area contributed by atoms with Gasteiger partial charge in [0.05, 0.1) is 16.8 Å². The second kappa shape index (κ2) is 10.3. The molecular formula is C31H22ClF5N4O4. The molecule has 0 saturated heterocycles. The maximum atomic E-state index is 14.9. The molecule has 0 radical (unpaired) electrons. The molecule has 2 amide bonds. The molecule has 14 heteroatoms. The molecule has 2 saturated carbocycles. The molecule has 2 unspecified atom stereocenters. The van der Waals surface area contributed by atoms with E-state index in [1.54, 1.807) is 6.07 Å². The third kappa shape index (κ3) is 4.89. The van der Waals surface area contributed by atoms with Gasteiger partial charge >= 0.3 is 6.18 Å². The zero-order valence-electron chi connectivity index (χ0n) is 23.0. The maximum absolute atomic E-state index is 14.9. The van der Waals surface area contributed by atoms with Crippen molar-refractivity contribution < 1.29 is 41.0 Å². The Kier molecular flexibility index (Phi) is 6.66. The third-order valence-corrected chi connectivity index (χ3v) is 8.47. The SMILES string of the molecule is NC(=O)[C@]12c3cc([C@@H](CNC(=O)c4cc(OC5CC5)c5ncc(Cl)cc5c4)C(F)(F)F)nc(-c4ccc(F)cc4)c3OC1C2F. The lowest BCUT2D eigenvalue weighted by Crippen LogP contribution is -2.36. The Morgan fingerprint density at radius 1 is 1.16 bits per heavy atom. The van der Waals surface area contributed by atoms with E-state index in [4.69, 9.17) is 26.8 Å². The zero-order chi connectivity index (χ0) is 31.8. The number of pyridine rings is 2. The Labute approximate surface area is 256 Å². The molecule has 2 aromatic heterocycles. The molecule has 3 N–H and O–H groups in total. The number of nitrogens with zero attached hydrogens (tertiary/aromatic N) is 2. The van der Waals surface area contributed by atoms with Crippen molar-refractivity contribution in [1.29, 1.82) is 0 Å². The van der Waals surface area contributed by atoms with Crippen LogP contribution in [0.25, 0.3) is 22.2 Å². The number of hydrogen-bond acceptors (Lipinski definition) is 6. The number of primary amides is 1. The Morgan fingerprint density at radius 3 is 2.56 bits per heavy atom. The van der Waals surface area contributed by atoms with E-state index in [9.17, 15) is 31.5 Å². The van der Waals surface area contributed by atoms with Gasteiger partial charge in [0.15, 0.2) is 23.4 Å². The summed E-state index contributed by atoms with van der Waals surface area (Å²) in [4.78, 5) is 34.2. The monoisotopic (exact) mass is 644 g/mol. The van der Waals surface area contributed by atoms with Crippen LogP contribution in [0, 0.1) is 5.82 Å². The first-order valence-corrected chi connectivity index (χ1v) is 14.3. The second-order valence-electron chi connectivity index (χ2n) is 11.3. The normalized spacial score (nSPS) is 22.3. The minimum absolute atomic E-state index is 0.0132. The molecule has 2 aromatic carbocycles. The standard InChI is InChI=1S/C31H22ClF5N4O4/c32-16-8-14-7-15(9-22(23(14)39-11-16)44-18-5-6-18)28(42)40-12-20(31(35,36)37)21-10-19-25(45-27-26(34)30(19,27)29(38)43)24(41-21)13-1-3-17(33)4-2-13/h1-4,7-11,18,20,26-27H,5-6,12H2,(H2,38,43)(H,40,42)/t20-,26?,27?,30+/m1/s1. The number of amides is 2. The maximum Gasteiger partial charge on any atom is 0.398 e. The van der Waals surface area contributed by atoms with Crippen molar-refractivity contribution in [2.75, 3.05) is 6.54 Å². The van der Waals surface area contributed by atoms with Crippen molar-refractivity contribution in [2.45, 2.75) is 48.7 Å². The number of rotatable bonds is 8. The lowest BCUT2D eigenvalue weighted by Gasteiger charge is -2.23. The largest absolute Gasteiger partial charge is 0.488 e. The highest BCUT2D eigenvalue weighted by molar-refractivity contribution is 6.31. The van der Waals surface area contributed by atoms with Crippen LogP contribution in [-0.2, 0) is 10.2 Å². The number of fused-ring (bicyclic) bond motifs is 4. The highest BCUT2D eigenvalue weighted by atomic mass is 35.5. The summed E-state index contributed by atoms with van der Waals surface area (Å²) in [6.45, 7) is -0.964. The van der Waals surface area contributed by atoms with Gasteiger partial charge in [-0.05, 0) is 61.4 Å². The summed E-state index contributed by atoms with van der Waals surface area (Å²) in [6, 6.07) is 10.0. The van der Waals surface area contributed by atoms with Gasteiger partial charge in [-0.2, -0.15) is 13.2 Å². The lowest BCUT2D eigenvalue weighted by atomic mass is 9.90. The predicted molar refractivity (Wildman–Crippen MR) is 151 cm³/mol. The van der Waals surface area contributed by atoms with E-state index in [-0.39, 0.29) is 34.2 Å². The molecule has 0 bridgehead atoms. The van der Waals surface area contributed by atoms with Crippen LogP contribution >= 0.6 is 11.6 Å². The van der Waals surface area contributed by atoms with Gasteiger partial charge in [-0.25, -0.2) is 13.8 Å². The van der Waals surface area contributed by atoms with E-state index in [1.165, 1.54) is 30.5 Å². The number of ether oxygens (including phenoxy) is 2. The topological polar surface area (TPSA) is 116 Å². The van der Waals surface area contributed by atoms with E-state index in [2.05, 4.69) is 15.3 Å². The van der Waals surface area contributed by atoms with Gasteiger partial charge < -0.3 is 20.5 Å². The van der Waals surface area contributed by atoms with Crippen molar-refractivity contribution >= 4 is 34.3 Å². The van der Waals surface area contributed by atoms with Crippen molar-refractivity contribution in [1.82, 2.24) is 15.3 Å². The fourth-order valence-electron chi connectivity index (χ4n) is 5.73. The lowest BCUT2D eigenvalue weighted by molar-refractivity contribution is -0.149. The van der Waals surface area contributed by atoms with Crippen LogP contribution in [0.4, 0.5) is 22.0 Å². The first kappa shape index (κ1) is 29.2. The van der Waals surface area contributed by atoms with Gasteiger partial charge in [-0.1, -0.05) is 11.6 Å². The number of benzene rings is 2. The number of carbonyl (C=O) groups is 2. The van der Waals surface area contributed by atoms with Crippen LogP contribution in [0.15, 0.2) is 54.7 Å². The number of nitrogens with one attached hydrogen (secondary N) is 1. The molecule has 2 aliphatic carbocycles. The summed E-state index contributed by atoms with van der Waals surface area (Å²) in [5.74, 6) is -4.77. The van der Waals surface area contributed by atoms with Crippen molar-refractivity contribution in [2.24, 2.45) is 5.73 Å². The smallest absolute Gasteiger partial charge is 0.398 e. The van der Waals surface area contributed by atoms with Gasteiger partial charge in [-0.3, -0.25) is 14.6 Å². The summed E-state index contributed by atoms with van der Waals surface area (Å²) in [5, 5.41) is 3.07. The third-order valence-electron chi connectivity index (χ3n) is 8.26. The van der Waals surface area contributed by atoms with Gasteiger partial charge in [0.1, 0.15) is 28.7 Å². The number of halogens is 6. The Hall–Kier alpha value is -4.52. The molecule has 4 atom stereocenters. The van der Waals surface area contributed by atoms with E-state index in [0.717, 1.165) is 31.0 Å². The molecule has 45 heavy (non-hydrogen) atoms. The first-order valence-electron chi connectivity index (χ1n) is 13.9.